The number of thiazole rings is 1. The number of fused-ring (bicyclic) bond motifs is 1. The fourth-order valence-corrected chi connectivity index (χ4v) is 5.03. The second-order valence-corrected chi connectivity index (χ2v) is 9.67. The average molecular weight is 462 g/mol. The first-order chi connectivity index (χ1) is 15.3. The molecule has 4 rings (SSSR count). The summed E-state index contributed by atoms with van der Waals surface area (Å²) in [6.07, 6.45) is 5.63. The van der Waals surface area contributed by atoms with Crippen LogP contribution in [0.4, 0.5) is 0 Å². The summed E-state index contributed by atoms with van der Waals surface area (Å²) < 4.78 is 25.7. The number of rotatable bonds is 5. The maximum Gasteiger partial charge on any atom is 0.252 e. The lowest BCUT2D eigenvalue weighted by atomic mass is 10.0. The summed E-state index contributed by atoms with van der Waals surface area (Å²) in [4.78, 5) is 17.3. The first kappa shape index (κ1) is 21.7. The zero-order valence-corrected chi connectivity index (χ0v) is 18.6. The van der Waals surface area contributed by atoms with Gasteiger partial charge in [0.05, 0.1) is 28.1 Å². The van der Waals surface area contributed by atoms with Crippen LogP contribution in [0.25, 0.3) is 21.3 Å². The van der Waals surface area contributed by atoms with E-state index in [1.54, 1.807) is 10.6 Å². The van der Waals surface area contributed by atoms with Crippen LogP contribution in [0.2, 0.25) is 0 Å². The third-order valence-corrected chi connectivity index (χ3v) is 6.82. The number of primary sulfonamides is 1. The van der Waals surface area contributed by atoms with E-state index < -0.39 is 10.0 Å². The largest absolute Gasteiger partial charge is 0.305 e. The smallest absolute Gasteiger partial charge is 0.252 e. The summed E-state index contributed by atoms with van der Waals surface area (Å²) in [7, 11) is -3.84. The van der Waals surface area contributed by atoms with Gasteiger partial charge in [-0.2, -0.15) is 4.99 Å². The zero-order valence-electron chi connectivity index (χ0n) is 16.9. The number of amides is 1. The Bertz CT molecular complexity index is 1510. The first-order valence-electron chi connectivity index (χ1n) is 9.67. The van der Waals surface area contributed by atoms with Crippen LogP contribution in [-0.4, -0.2) is 18.9 Å². The first-order valence-corrected chi connectivity index (χ1v) is 12.0. The fraction of sp³-hybridized carbons (Fsp3) is 0.0833. The Kier molecular flexibility index (Phi) is 6.06. The summed E-state index contributed by atoms with van der Waals surface area (Å²) >= 11 is 1.19. The maximum atomic E-state index is 12.7. The Morgan fingerprint density at radius 2 is 1.72 bits per heavy atom. The highest BCUT2D eigenvalue weighted by Crippen LogP contribution is 2.22. The molecule has 0 bridgehead atoms. The maximum absolute atomic E-state index is 12.7. The molecular formula is C24H19N3O3S2. The van der Waals surface area contributed by atoms with Crippen LogP contribution in [0.5, 0.6) is 0 Å². The van der Waals surface area contributed by atoms with Gasteiger partial charge in [-0.15, -0.1) is 6.42 Å². The van der Waals surface area contributed by atoms with Crippen LogP contribution in [0.3, 0.4) is 0 Å². The number of sulfonamides is 1. The van der Waals surface area contributed by atoms with Gasteiger partial charge in [-0.3, -0.25) is 4.79 Å². The van der Waals surface area contributed by atoms with Crippen molar-refractivity contribution < 1.29 is 13.2 Å². The predicted molar refractivity (Wildman–Crippen MR) is 126 cm³/mol. The molecule has 8 heteroatoms. The van der Waals surface area contributed by atoms with E-state index in [1.165, 1.54) is 23.5 Å². The van der Waals surface area contributed by atoms with Gasteiger partial charge in [0.25, 0.3) is 5.91 Å². The van der Waals surface area contributed by atoms with E-state index >= 15 is 0 Å². The Morgan fingerprint density at radius 1 is 1.03 bits per heavy atom. The highest BCUT2D eigenvalue weighted by atomic mass is 32.2. The molecule has 1 aromatic heterocycles. The second-order valence-electron chi connectivity index (χ2n) is 7.09. The molecule has 4 aromatic rings. The van der Waals surface area contributed by atoms with Crippen LogP contribution < -0.4 is 9.94 Å². The highest BCUT2D eigenvalue weighted by Gasteiger charge is 2.13. The molecule has 2 N–H and O–H groups in total. The van der Waals surface area contributed by atoms with Crippen molar-refractivity contribution in [2.24, 2.45) is 10.1 Å². The molecule has 6 nitrogen and oxygen atoms in total. The van der Waals surface area contributed by atoms with Gasteiger partial charge in [-0.1, -0.05) is 71.9 Å². The van der Waals surface area contributed by atoms with Crippen molar-refractivity contribution >= 4 is 37.5 Å². The monoisotopic (exact) mass is 461 g/mol. The molecular weight excluding hydrogens is 442 g/mol. The molecule has 0 aliphatic rings. The lowest BCUT2D eigenvalue weighted by Gasteiger charge is -2.03. The molecule has 0 fully saturated rings. The number of hydrogen-bond donors (Lipinski definition) is 1. The molecule has 0 saturated heterocycles. The van der Waals surface area contributed by atoms with Gasteiger partial charge in [0, 0.05) is 0 Å². The minimum Gasteiger partial charge on any atom is -0.305 e. The summed E-state index contributed by atoms with van der Waals surface area (Å²) in [6, 6.07) is 22.3. The number of carbonyl (C=O) groups excluding carboxylic acids is 1. The van der Waals surface area contributed by atoms with Crippen LogP contribution in [0, 0.1) is 12.3 Å². The Hall–Kier alpha value is -3.51. The van der Waals surface area contributed by atoms with Gasteiger partial charge in [0.1, 0.15) is 0 Å². The lowest BCUT2D eigenvalue weighted by molar-refractivity contribution is -0.117. The van der Waals surface area contributed by atoms with Crippen LogP contribution in [0.15, 0.2) is 82.7 Å². The van der Waals surface area contributed by atoms with E-state index in [4.69, 9.17) is 11.6 Å². The number of hydrogen-bond acceptors (Lipinski definition) is 4. The molecule has 0 radical (unpaired) electrons. The number of nitrogens with two attached hydrogens (primary N) is 1. The molecule has 0 aliphatic heterocycles. The quantitative estimate of drug-likeness (QED) is 0.462. The van der Waals surface area contributed by atoms with E-state index in [2.05, 4.69) is 10.9 Å². The molecule has 0 aliphatic carbocycles. The number of nitrogens with zero attached hydrogens (tertiary/aromatic N) is 2. The predicted octanol–water partition coefficient (Wildman–Crippen LogP) is 3.32. The number of terminal acetylenes is 1. The minimum atomic E-state index is -3.84. The number of benzene rings is 3. The molecule has 3 aromatic carbocycles. The second kappa shape index (κ2) is 8.93. The van der Waals surface area contributed by atoms with Gasteiger partial charge in [0.2, 0.25) is 10.0 Å². The standard InChI is InChI=1S/C24H19N3O3S2/c1-2-14-27-21-13-12-20(32(25,29)30)16-22(21)31-24(27)26-23(28)15-17-8-10-19(11-9-17)18-6-4-3-5-7-18/h1,3-13,16H,14-15H2,(H2,25,29,30). The Morgan fingerprint density at radius 3 is 2.38 bits per heavy atom. The molecule has 1 amide bonds. The van der Waals surface area contributed by atoms with Crippen LogP contribution >= 0.6 is 11.3 Å². The van der Waals surface area contributed by atoms with Crippen molar-refractivity contribution in [3.05, 3.63) is 83.2 Å². The minimum absolute atomic E-state index is 0.00418. The van der Waals surface area contributed by atoms with Crippen molar-refractivity contribution in [3.63, 3.8) is 0 Å². The zero-order chi connectivity index (χ0) is 22.7. The van der Waals surface area contributed by atoms with E-state index in [9.17, 15) is 13.2 Å². The van der Waals surface area contributed by atoms with Crippen molar-refractivity contribution in [1.82, 2.24) is 4.57 Å². The van der Waals surface area contributed by atoms with E-state index in [-0.39, 0.29) is 23.8 Å². The SMILES string of the molecule is C#CCn1c(=NC(=O)Cc2ccc(-c3ccccc3)cc2)sc2cc(S(N)(=O)=O)ccc21. The Labute approximate surface area is 189 Å². The summed E-state index contributed by atoms with van der Waals surface area (Å²) in [6.45, 7) is 0.201. The molecule has 1 heterocycles. The van der Waals surface area contributed by atoms with Gasteiger partial charge < -0.3 is 4.57 Å². The fourth-order valence-electron chi connectivity index (χ4n) is 3.33. The van der Waals surface area contributed by atoms with E-state index in [0.29, 0.717) is 15.0 Å². The number of carbonyl (C=O) groups is 1. The van der Waals surface area contributed by atoms with Gasteiger partial charge in [-0.25, -0.2) is 13.6 Å². The third-order valence-electron chi connectivity index (χ3n) is 4.87. The van der Waals surface area contributed by atoms with Crippen molar-refractivity contribution in [3.8, 4) is 23.5 Å². The molecule has 0 atom stereocenters. The normalized spacial score (nSPS) is 12.1. The Balaban J connectivity index is 1.64. The van der Waals surface area contributed by atoms with E-state index in [1.807, 2.05) is 54.6 Å². The third kappa shape index (κ3) is 4.70. The van der Waals surface area contributed by atoms with Crippen LogP contribution in [0.1, 0.15) is 5.56 Å². The van der Waals surface area contributed by atoms with Gasteiger partial charge in [-0.05, 0) is 34.9 Å². The highest BCUT2D eigenvalue weighted by molar-refractivity contribution is 7.89. The van der Waals surface area contributed by atoms with Crippen molar-refractivity contribution in [2.75, 3.05) is 0 Å². The van der Waals surface area contributed by atoms with Gasteiger partial charge in [0.15, 0.2) is 4.80 Å². The summed E-state index contributed by atoms with van der Waals surface area (Å²) in [5, 5.41) is 5.23. The van der Waals surface area contributed by atoms with Crippen molar-refractivity contribution in [1.29, 1.82) is 0 Å². The average Bonchev–Trinajstić information content (AvgIpc) is 3.10. The number of aromatic nitrogens is 1. The van der Waals surface area contributed by atoms with Gasteiger partial charge >= 0.3 is 0 Å². The molecule has 0 saturated carbocycles. The topological polar surface area (TPSA) is 94.5 Å². The van der Waals surface area contributed by atoms with Crippen molar-refractivity contribution in [2.45, 2.75) is 17.9 Å². The molecule has 32 heavy (non-hydrogen) atoms. The summed E-state index contributed by atoms with van der Waals surface area (Å²) in [5.74, 6) is 2.23. The van der Waals surface area contributed by atoms with Crippen LogP contribution in [-0.2, 0) is 27.8 Å². The molecule has 160 valence electrons. The molecule has 0 spiro atoms. The lowest BCUT2D eigenvalue weighted by Crippen LogP contribution is -2.17. The summed E-state index contributed by atoms with van der Waals surface area (Å²) in [5.41, 5.74) is 3.72. The van der Waals surface area contributed by atoms with E-state index in [0.717, 1.165) is 16.7 Å². The molecule has 0 unspecified atom stereocenters.